The van der Waals surface area contributed by atoms with Crippen LogP contribution in [0.4, 0.5) is 5.69 Å². The van der Waals surface area contributed by atoms with Gasteiger partial charge in [-0.25, -0.2) is 0 Å². The maximum absolute atomic E-state index is 10.9. The number of anilines is 1. The van der Waals surface area contributed by atoms with Crippen LogP contribution < -0.4 is 5.73 Å². The van der Waals surface area contributed by atoms with E-state index in [9.17, 15) is 4.79 Å². The average molecular weight is 242 g/mol. The highest BCUT2D eigenvalue weighted by Gasteiger charge is 2.01. The number of alkyl halides is 1. The van der Waals surface area contributed by atoms with E-state index in [-0.39, 0.29) is 5.78 Å². The van der Waals surface area contributed by atoms with Gasteiger partial charge in [-0.2, -0.15) is 0 Å². The fourth-order valence-corrected chi connectivity index (χ4v) is 1.66. The Bertz CT molecular complexity index is 323. The van der Waals surface area contributed by atoms with Gasteiger partial charge < -0.3 is 5.73 Å². The quantitative estimate of drug-likeness (QED) is 0.652. The Balaban J connectivity index is 2.92. The molecule has 0 saturated heterocycles. The van der Waals surface area contributed by atoms with Gasteiger partial charge in [0.25, 0.3) is 0 Å². The molecule has 3 heteroatoms. The number of nitrogen functional groups attached to an aromatic ring is 1. The summed E-state index contributed by atoms with van der Waals surface area (Å²) >= 11 is 3.34. The van der Waals surface area contributed by atoms with E-state index < -0.39 is 0 Å². The van der Waals surface area contributed by atoms with Crippen LogP contribution in [0, 0.1) is 0 Å². The van der Waals surface area contributed by atoms with Crippen molar-refractivity contribution < 1.29 is 4.79 Å². The summed E-state index contributed by atoms with van der Waals surface area (Å²) in [6.45, 7) is 1.59. The Morgan fingerprint density at radius 1 is 1.54 bits per heavy atom. The van der Waals surface area contributed by atoms with Gasteiger partial charge in [0.2, 0.25) is 0 Å². The Morgan fingerprint density at radius 2 is 2.23 bits per heavy atom. The van der Waals surface area contributed by atoms with E-state index in [4.69, 9.17) is 5.73 Å². The highest BCUT2D eigenvalue weighted by Crippen LogP contribution is 2.17. The predicted molar refractivity (Wildman–Crippen MR) is 57.9 cm³/mol. The number of rotatable bonds is 3. The fraction of sp³-hybridized carbons (Fsp3) is 0.300. The van der Waals surface area contributed by atoms with Crippen LogP contribution in [0.25, 0.3) is 0 Å². The van der Waals surface area contributed by atoms with E-state index >= 15 is 0 Å². The number of hydrogen-bond donors (Lipinski definition) is 1. The molecule has 0 heterocycles. The number of Topliss-reactive ketones (excluding diaryl/α,β-unsaturated/α-hetero) is 1. The van der Waals surface area contributed by atoms with Crippen molar-refractivity contribution in [3.05, 3.63) is 29.3 Å². The second kappa shape index (κ2) is 4.42. The molecule has 70 valence electrons. The number of carbonyl (C=O) groups excluding carboxylic acids is 1. The molecule has 0 aromatic heterocycles. The van der Waals surface area contributed by atoms with Gasteiger partial charge in [-0.3, -0.25) is 4.79 Å². The molecule has 13 heavy (non-hydrogen) atoms. The van der Waals surface area contributed by atoms with Gasteiger partial charge in [0, 0.05) is 17.4 Å². The second-order valence-electron chi connectivity index (χ2n) is 3.05. The number of hydrogen-bond acceptors (Lipinski definition) is 2. The van der Waals surface area contributed by atoms with Crippen molar-refractivity contribution in [2.75, 3.05) is 5.73 Å². The van der Waals surface area contributed by atoms with Crippen LogP contribution >= 0.6 is 15.9 Å². The van der Waals surface area contributed by atoms with Gasteiger partial charge in [-0.1, -0.05) is 28.1 Å². The third kappa shape index (κ3) is 2.84. The van der Waals surface area contributed by atoms with E-state index in [0.717, 1.165) is 22.1 Å². The van der Waals surface area contributed by atoms with E-state index in [2.05, 4.69) is 15.9 Å². The Morgan fingerprint density at radius 3 is 2.77 bits per heavy atom. The minimum Gasteiger partial charge on any atom is -0.398 e. The molecule has 2 N–H and O–H groups in total. The second-order valence-corrected chi connectivity index (χ2v) is 3.61. The van der Waals surface area contributed by atoms with Gasteiger partial charge in [-0.05, 0) is 24.1 Å². The summed E-state index contributed by atoms with van der Waals surface area (Å²) in [5, 5.41) is 0.727. The van der Waals surface area contributed by atoms with Crippen LogP contribution in [0.3, 0.4) is 0 Å². The zero-order valence-corrected chi connectivity index (χ0v) is 9.10. The van der Waals surface area contributed by atoms with Gasteiger partial charge >= 0.3 is 0 Å². The minimum absolute atomic E-state index is 0.172. The Hall–Kier alpha value is -0.830. The van der Waals surface area contributed by atoms with Gasteiger partial charge in [0.05, 0.1) is 0 Å². The van der Waals surface area contributed by atoms with Gasteiger partial charge in [0.15, 0.2) is 0 Å². The molecule has 0 radical (unpaired) electrons. The van der Waals surface area contributed by atoms with Crippen molar-refractivity contribution in [3.63, 3.8) is 0 Å². The van der Waals surface area contributed by atoms with Crippen LogP contribution in [-0.2, 0) is 16.5 Å². The number of nitrogens with two attached hydrogens (primary N) is 1. The van der Waals surface area contributed by atoms with Crippen molar-refractivity contribution in [3.8, 4) is 0 Å². The molecule has 0 fully saturated rings. The summed E-state index contributed by atoms with van der Waals surface area (Å²) in [6.07, 6.45) is 0.486. The minimum atomic E-state index is 0.172. The van der Waals surface area contributed by atoms with Crippen molar-refractivity contribution >= 4 is 27.4 Å². The standard InChI is InChI=1S/C10H12BrNO/c1-7(13)4-8-2-3-10(12)9(5-8)6-11/h2-3,5H,4,6,12H2,1H3. The lowest BCUT2D eigenvalue weighted by Gasteiger charge is -2.04. The molecule has 0 saturated carbocycles. The molecular formula is C10H12BrNO. The summed E-state index contributed by atoms with van der Waals surface area (Å²) in [7, 11) is 0. The third-order valence-corrected chi connectivity index (χ3v) is 2.41. The summed E-state index contributed by atoms with van der Waals surface area (Å²) < 4.78 is 0. The lowest BCUT2D eigenvalue weighted by Crippen LogP contribution is -1.99. The van der Waals surface area contributed by atoms with Gasteiger partial charge in [-0.15, -0.1) is 0 Å². The molecular weight excluding hydrogens is 230 g/mol. The average Bonchev–Trinajstić information content (AvgIpc) is 2.07. The number of carbonyl (C=O) groups is 1. The predicted octanol–water partition coefficient (Wildman–Crippen LogP) is 2.30. The zero-order valence-electron chi connectivity index (χ0n) is 7.51. The van der Waals surface area contributed by atoms with E-state index in [1.807, 2.05) is 18.2 Å². The largest absolute Gasteiger partial charge is 0.398 e. The van der Waals surface area contributed by atoms with Crippen LogP contribution in [0.2, 0.25) is 0 Å². The number of ketones is 1. The molecule has 0 amide bonds. The van der Waals surface area contributed by atoms with Crippen LogP contribution in [-0.4, -0.2) is 5.78 Å². The highest BCUT2D eigenvalue weighted by atomic mass is 79.9. The smallest absolute Gasteiger partial charge is 0.134 e. The highest BCUT2D eigenvalue weighted by molar-refractivity contribution is 9.08. The molecule has 0 aliphatic rings. The first-order valence-electron chi connectivity index (χ1n) is 4.06. The Kier molecular flexibility index (Phi) is 3.48. The monoisotopic (exact) mass is 241 g/mol. The molecule has 1 rings (SSSR count). The number of halogens is 1. The summed E-state index contributed by atoms with van der Waals surface area (Å²) in [5.74, 6) is 0.172. The molecule has 0 atom stereocenters. The molecule has 0 unspecified atom stereocenters. The van der Waals surface area contributed by atoms with Crippen molar-refractivity contribution in [2.45, 2.75) is 18.7 Å². The summed E-state index contributed by atoms with van der Waals surface area (Å²) in [4.78, 5) is 10.9. The number of benzene rings is 1. The first-order chi connectivity index (χ1) is 6.13. The Labute approximate surface area is 86.3 Å². The molecule has 2 nitrogen and oxygen atoms in total. The third-order valence-electron chi connectivity index (χ3n) is 1.80. The van der Waals surface area contributed by atoms with Crippen molar-refractivity contribution in [2.24, 2.45) is 0 Å². The fourth-order valence-electron chi connectivity index (χ4n) is 1.17. The van der Waals surface area contributed by atoms with E-state index in [0.29, 0.717) is 6.42 Å². The van der Waals surface area contributed by atoms with E-state index in [1.54, 1.807) is 6.92 Å². The molecule has 0 bridgehead atoms. The SMILES string of the molecule is CC(=O)Cc1ccc(N)c(CBr)c1. The summed E-state index contributed by atoms with van der Waals surface area (Å²) in [5.41, 5.74) is 8.55. The topological polar surface area (TPSA) is 43.1 Å². The molecule has 0 aliphatic heterocycles. The molecule has 1 aromatic carbocycles. The lowest BCUT2D eigenvalue weighted by molar-refractivity contribution is -0.116. The van der Waals surface area contributed by atoms with E-state index in [1.165, 1.54) is 0 Å². The van der Waals surface area contributed by atoms with Crippen molar-refractivity contribution in [1.82, 2.24) is 0 Å². The maximum Gasteiger partial charge on any atom is 0.134 e. The van der Waals surface area contributed by atoms with Gasteiger partial charge in [0.1, 0.15) is 5.78 Å². The zero-order chi connectivity index (χ0) is 9.84. The molecule has 0 aliphatic carbocycles. The van der Waals surface area contributed by atoms with Crippen LogP contribution in [0.1, 0.15) is 18.1 Å². The molecule has 1 aromatic rings. The molecule has 0 spiro atoms. The van der Waals surface area contributed by atoms with Crippen LogP contribution in [0.15, 0.2) is 18.2 Å². The maximum atomic E-state index is 10.9. The van der Waals surface area contributed by atoms with Crippen LogP contribution in [0.5, 0.6) is 0 Å². The summed E-state index contributed by atoms with van der Waals surface area (Å²) in [6, 6.07) is 5.70. The van der Waals surface area contributed by atoms with Crippen molar-refractivity contribution in [1.29, 1.82) is 0 Å². The lowest BCUT2D eigenvalue weighted by atomic mass is 10.1. The first-order valence-corrected chi connectivity index (χ1v) is 5.18. The normalized spacial score (nSPS) is 10.0. The first kappa shape index (κ1) is 10.3.